The average Bonchev–Trinajstić information content (AvgIpc) is 2.72. The topological polar surface area (TPSA) is 72.8 Å². The summed E-state index contributed by atoms with van der Waals surface area (Å²) in [5, 5.41) is 10.4. The van der Waals surface area contributed by atoms with Gasteiger partial charge in [0.25, 0.3) is 0 Å². The Bertz CT molecular complexity index is 708. The number of aryl methyl sites for hydroxylation is 1. The highest BCUT2D eigenvalue weighted by Gasteiger charge is 2.47. The van der Waals surface area contributed by atoms with Crippen LogP contribution < -0.4 is 0 Å². The average molecular weight is 302 g/mol. The Kier molecular flexibility index (Phi) is 3.14. The minimum atomic E-state index is -1.20. The van der Waals surface area contributed by atoms with E-state index >= 15 is 0 Å². The lowest BCUT2D eigenvalue weighted by molar-refractivity contribution is -0.151. The summed E-state index contributed by atoms with van der Waals surface area (Å²) >= 11 is 0. The van der Waals surface area contributed by atoms with Crippen LogP contribution in [0.1, 0.15) is 53.9 Å². The van der Waals surface area contributed by atoms with Crippen molar-refractivity contribution in [2.75, 3.05) is 0 Å². The molecule has 1 N–H and O–H groups in total. The number of esters is 2. The lowest BCUT2D eigenvalue weighted by Crippen LogP contribution is -2.39. The van der Waals surface area contributed by atoms with Crippen molar-refractivity contribution in [3.63, 3.8) is 0 Å². The van der Waals surface area contributed by atoms with E-state index in [4.69, 9.17) is 9.47 Å². The van der Waals surface area contributed by atoms with Crippen molar-refractivity contribution in [2.45, 2.75) is 45.5 Å². The second kappa shape index (κ2) is 4.68. The van der Waals surface area contributed by atoms with Crippen LogP contribution in [0, 0.1) is 6.92 Å². The third-order valence-electron chi connectivity index (χ3n) is 4.12. The van der Waals surface area contributed by atoms with Gasteiger partial charge in [0, 0.05) is 18.1 Å². The Morgan fingerprint density at radius 2 is 2.05 bits per heavy atom. The quantitative estimate of drug-likeness (QED) is 0.849. The van der Waals surface area contributed by atoms with Crippen LogP contribution in [0.2, 0.25) is 0 Å². The van der Waals surface area contributed by atoms with E-state index in [0.29, 0.717) is 11.1 Å². The maximum absolute atomic E-state index is 12.1. The minimum absolute atomic E-state index is 0.427. The van der Waals surface area contributed by atoms with Crippen LogP contribution in [-0.4, -0.2) is 28.8 Å². The lowest BCUT2D eigenvalue weighted by Gasteiger charge is -2.35. The Morgan fingerprint density at radius 3 is 2.64 bits per heavy atom. The Morgan fingerprint density at radius 1 is 1.36 bits per heavy atom. The molecule has 0 aromatic heterocycles. The second-order valence-electron chi connectivity index (χ2n) is 6.27. The van der Waals surface area contributed by atoms with E-state index in [1.807, 2.05) is 13.0 Å². The number of benzene rings is 1. The first-order valence-electron chi connectivity index (χ1n) is 7.16. The predicted octanol–water partition coefficient (Wildman–Crippen LogP) is 2.31. The number of hydrogen-bond acceptors (Lipinski definition) is 5. The normalized spacial score (nSPS) is 22.8. The van der Waals surface area contributed by atoms with Crippen molar-refractivity contribution in [2.24, 2.45) is 0 Å². The van der Waals surface area contributed by atoms with Crippen LogP contribution in [0.3, 0.4) is 0 Å². The molecule has 1 aliphatic carbocycles. The summed E-state index contributed by atoms with van der Waals surface area (Å²) in [5.41, 5.74) is 2.39. The van der Waals surface area contributed by atoms with Gasteiger partial charge < -0.3 is 14.6 Å². The summed E-state index contributed by atoms with van der Waals surface area (Å²) in [4.78, 5) is 23.5. The first-order chi connectivity index (χ1) is 10.2. The van der Waals surface area contributed by atoms with Gasteiger partial charge in [0.1, 0.15) is 0 Å². The van der Waals surface area contributed by atoms with Crippen molar-refractivity contribution in [1.82, 2.24) is 0 Å². The Hall–Kier alpha value is -2.14. The van der Waals surface area contributed by atoms with Crippen LogP contribution >= 0.6 is 0 Å². The maximum Gasteiger partial charge on any atom is 0.339 e. The van der Waals surface area contributed by atoms with E-state index in [9.17, 15) is 14.7 Å². The number of aliphatic hydroxyl groups is 1. The summed E-state index contributed by atoms with van der Waals surface area (Å²) in [5.74, 6) is -0.912. The number of ether oxygens (including phenoxy) is 2. The van der Waals surface area contributed by atoms with E-state index in [2.05, 4.69) is 0 Å². The third-order valence-corrected chi connectivity index (χ3v) is 4.12. The lowest BCUT2D eigenvalue weighted by atomic mass is 9.79. The Labute approximate surface area is 128 Å². The zero-order valence-corrected chi connectivity index (χ0v) is 13.0. The molecule has 0 saturated carbocycles. The number of carbonyl (C=O) groups excluding carboxylic acids is 2. The van der Waals surface area contributed by atoms with Crippen LogP contribution in [0.4, 0.5) is 0 Å². The highest BCUT2D eigenvalue weighted by molar-refractivity contribution is 5.96. The fraction of sp³-hybridized carbons (Fsp3) is 0.412. The van der Waals surface area contributed by atoms with Crippen LogP contribution in [0.25, 0.3) is 6.08 Å². The first kappa shape index (κ1) is 14.8. The highest BCUT2D eigenvalue weighted by atomic mass is 16.6. The molecule has 0 spiro atoms. The molecule has 22 heavy (non-hydrogen) atoms. The molecule has 3 rings (SSSR count). The summed E-state index contributed by atoms with van der Waals surface area (Å²) < 4.78 is 10.8. The van der Waals surface area contributed by atoms with Crippen molar-refractivity contribution in [1.29, 1.82) is 0 Å². The van der Waals surface area contributed by atoms with E-state index in [1.54, 1.807) is 26.0 Å². The zero-order valence-electron chi connectivity index (χ0n) is 13.0. The van der Waals surface area contributed by atoms with Crippen molar-refractivity contribution >= 4 is 18.0 Å². The molecule has 1 aliphatic heterocycles. The molecule has 116 valence electrons. The molecule has 5 heteroatoms. The van der Waals surface area contributed by atoms with Crippen molar-refractivity contribution < 1.29 is 24.2 Å². The fourth-order valence-electron chi connectivity index (χ4n) is 3.10. The maximum atomic E-state index is 12.1. The van der Waals surface area contributed by atoms with Gasteiger partial charge in [0.2, 0.25) is 0 Å². The van der Waals surface area contributed by atoms with Crippen LogP contribution in [-0.2, 0) is 14.3 Å². The molecule has 0 fully saturated rings. The summed E-state index contributed by atoms with van der Waals surface area (Å²) in [6.07, 6.45) is 0.296. The molecule has 5 nitrogen and oxygen atoms in total. The minimum Gasteiger partial charge on any atom is -0.454 e. The molecule has 0 amide bonds. The number of carbonyl (C=O) groups is 2. The molecular formula is C17H18O5. The van der Waals surface area contributed by atoms with E-state index in [0.717, 1.165) is 16.7 Å². The summed E-state index contributed by atoms with van der Waals surface area (Å²) in [6.45, 7) is 6.47. The zero-order chi connectivity index (χ0) is 16.2. The molecule has 2 atom stereocenters. The summed E-state index contributed by atoms with van der Waals surface area (Å²) in [6, 6.07) is 3.58. The standard InChI is InChI=1S/C17H18O5/c1-8-5-6-10-13-11(8)7-12(17(3,4)20)14(21-9(2)18)15(13)22-16(10)19/h5-7,14-15,20H,1-4H3. The van der Waals surface area contributed by atoms with Gasteiger partial charge in [0.15, 0.2) is 12.2 Å². The number of rotatable bonds is 2. The van der Waals surface area contributed by atoms with E-state index in [1.165, 1.54) is 6.92 Å². The summed E-state index contributed by atoms with van der Waals surface area (Å²) in [7, 11) is 0. The van der Waals surface area contributed by atoms with Gasteiger partial charge >= 0.3 is 11.9 Å². The van der Waals surface area contributed by atoms with Gasteiger partial charge in [-0.25, -0.2) is 4.79 Å². The molecule has 0 bridgehead atoms. The molecule has 0 radical (unpaired) electrons. The predicted molar refractivity (Wildman–Crippen MR) is 79.2 cm³/mol. The van der Waals surface area contributed by atoms with Gasteiger partial charge in [-0.05, 0) is 44.0 Å². The SMILES string of the molecule is CC(=O)OC1C(C(C)(C)O)=Cc2c(C)ccc3c2C1OC3=O. The van der Waals surface area contributed by atoms with Gasteiger partial charge in [0.05, 0.1) is 11.2 Å². The first-order valence-corrected chi connectivity index (χ1v) is 7.16. The van der Waals surface area contributed by atoms with Gasteiger partial charge in [-0.1, -0.05) is 6.07 Å². The second-order valence-corrected chi connectivity index (χ2v) is 6.27. The van der Waals surface area contributed by atoms with E-state index in [-0.39, 0.29) is 0 Å². The molecule has 1 aromatic carbocycles. The Balaban J connectivity index is 2.24. The van der Waals surface area contributed by atoms with Gasteiger partial charge in [-0.15, -0.1) is 0 Å². The van der Waals surface area contributed by atoms with Crippen molar-refractivity contribution in [3.8, 4) is 0 Å². The van der Waals surface area contributed by atoms with E-state index < -0.39 is 29.7 Å². The molecule has 1 heterocycles. The fourth-order valence-corrected chi connectivity index (χ4v) is 3.10. The molecule has 0 saturated heterocycles. The highest BCUT2D eigenvalue weighted by Crippen LogP contribution is 2.46. The number of hydrogen-bond donors (Lipinski definition) is 1. The molecule has 1 aromatic rings. The smallest absolute Gasteiger partial charge is 0.339 e. The van der Waals surface area contributed by atoms with Gasteiger partial charge in [-0.3, -0.25) is 4.79 Å². The largest absolute Gasteiger partial charge is 0.454 e. The van der Waals surface area contributed by atoms with Gasteiger partial charge in [-0.2, -0.15) is 0 Å². The molecule has 2 unspecified atom stereocenters. The monoisotopic (exact) mass is 302 g/mol. The third kappa shape index (κ3) is 2.13. The van der Waals surface area contributed by atoms with Crippen LogP contribution in [0.5, 0.6) is 0 Å². The molecular weight excluding hydrogens is 284 g/mol. The molecule has 2 aliphatic rings. The van der Waals surface area contributed by atoms with Crippen LogP contribution in [0.15, 0.2) is 17.7 Å². The van der Waals surface area contributed by atoms with Crippen molar-refractivity contribution in [3.05, 3.63) is 40.0 Å².